The topological polar surface area (TPSA) is 29.5 Å². The van der Waals surface area contributed by atoms with Gasteiger partial charge in [-0.05, 0) is 57.7 Å². The molecule has 2 heterocycles. The molecule has 0 spiro atoms. The van der Waals surface area contributed by atoms with Crippen LogP contribution >= 0.6 is 43.2 Å². The van der Waals surface area contributed by atoms with Crippen molar-refractivity contribution in [3.05, 3.63) is 19.2 Å². The Bertz CT molecular complexity index is 358. The summed E-state index contributed by atoms with van der Waals surface area (Å²) >= 11 is 8.45. The molecule has 15 heavy (non-hydrogen) atoms. The van der Waals surface area contributed by atoms with E-state index in [2.05, 4.69) is 31.9 Å². The molecule has 1 aromatic rings. The van der Waals surface area contributed by atoms with Gasteiger partial charge in [0.05, 0.1) is 13.2 Å². The number of halogens is 2. The molecule has 5 heteroatoms. The van der Waals surface area contributed by atoms with Crippen LogP contribution in [0, 0.1) is 0 Å². The lowest BCUT2D eigenvalue weighted by Crippen LogP contribution is -2.31. The lowest BCUT2D eigenvalue weighted by molar-refractivity contribution is -0.0797. The van der Waals surface area contributed by atoms with E-state index in [1.54, 1.807) is 11.3 Å². The van der Waals surface area contributed by atoms with Gasteiger partial charge in [0.15, 0.2) is 0 Å². The third-order valence-corrected chi connectivity index (χ3v) is 5.19. The second-order valence-corrected chi connectivity index (χ2v) is 7.70. The Morgan fingerprint density at radius 1 is 1.60 bits per heavy atom. The van der Waals surface area contributed by atoms with Gasteiger partial charge in [-0.2, -0.15) is 0 Å². The molecule has 2 nitrogen and oxygen atoms in total. The second-order valence-electron chi connectivity index (χ2n) is 3.95. The lowest BCUT2D eigenvalue weighted by atomic mass is 9.92. The molecule has 1 aromatic heterocycles. The summed E-state index contributed by atoms with van der Waals surface area (Å²) in [7, 11) is 0. The fourth-order valence-corrected chi connectivity index (χ4v) is 4.77. The summed E-state index contributed by atoms with van der Waals surface area (Å²) < 4.78 is 7.63. The highest BCUT2D eigenvalue weighted by atomic mass is 79.9. The predicted octanol–water partition coefficient (Wildman–Crippen LogP) is 3.88. The Hall–Kier alpha value is 0.580. The first-order valence-corrected chi connectivity index (χ1v) is 7.20. The fourth-order valence-electron chi connectivity index (χ4n) is 1.88. The smallest absolute Gasteiger partial charge is 0.110 e. The first-order valence-electron chi connectivity index (χ1n) is 4.80. The lowest BCUT2D eigenvalue weighted by Gasteiger charge is -2.29. The molecule has 0 amide bonds. The number of thiophene rings is 1. The van der Waals surface area contributed by atoms with Gasteiger partial charge in [-0.3, -0.25) is 0 Å². The van der Waals surface area contributed by atoms with Gasteiger partial charge in [0.25, 0.3) is 0 Å². The molecule has 2 rings (SSSR count). The van der Waals surface area contributed by atoms with Gasteiger partial charge in [-0.1, -0.05) is 0 Å². The number of aliphatic hydroxyl groups is 1. The summed E-state index contributed by atoms with van der Waals surface area (Å²) in [6.07, 6.45) is 1.38. The van der Waals surface area contributed by atoms with Crippen molar-refractivity contribution in [3.8, 4) is 0 Å². The molecule has 1 aliphatic heterocycles. The average Bonchev–Trinajstić information content (AvgIpc) is 2.73. The minimum absolute atomic E-state index is 0.428. The van der Waals surface area contributed by atoms with Gasteiger partial charge in [-0.25, -0.2) is 0 Å². The van der Waals surface area contributed by atoms with E-state index in [9.17, 15) is 5.11 Å². The van der Waals surface area contributed by atoms with Gasteiger partial charge in [0, 0.05) is 12.2 Å². The zero-order valence-corrected chi connectivity index (χ0v) is 12.3. The van der Waals surface area contributed by atoms with Crippen molar-refractivity contribution in [2.24, 2.45) is 0 Å². The summed E-state index contributed by atoms with van der Waals surface area (Å²) in [6.45, 7) is 2.72. The van der Waals surface area contributed by atoms with Gasteiger partial charge >= 0.3 is 0 Å². The van der Waals surface area contributed by atoms with Crippen LogP contribution in [0.25, 0.3) is 0 Å². The Balaban J connectivity index is 2.27. The van der Waals surface area contributed by atoms with Gasteiger partial charge < -0.3 is 9.84 Å². The summed E-state index contributed by atoms with van der Waals surface area (Å²) in [5.41, 5.74) is 0.486. The normalized spacial score (nSPS) is 28.3. The monoisotopic (exact) mass is 354 g/mol. The maximum atomic E-state index is 10.3. The van der Waals surface area contributed by atoms with Crippen molar-refractivity contribution in [1.29, 1.82) is 0 Å². The van der Waals surface area contributed by atoms with Gasteiger partial charge in [0.2, 0.25) is 0 Å². The molecule has 0 radical (unpaired) electrons. The molecule has 2 atom stereocenters. The first kappa shape index (κ1) is 12.0. The average molecular weight is 356 g/mol. The maximum Gasteiger partial charge on any atom is 0.110 e. The highest BCUT2D eigenvalue weighted by Crippen LogP contribution is 2.43. The molecule has 0 aliphatic carbocycles. The first-order chi connectivity index (χ1) is 7.03. The largest absolute Gasteiger partial charge is 0.385 e. The van der Waals surface area contributed by atoms with Crippen molar-refractivity contribution in [2.75, 3.05) is 6.61 Å². The van der Waals surface area contributed by atoms with E-state index in [-0.39, 0.29) is 0 Å². The van der Waals surface area contributed by atoms with Crippen molar-refractivity contribution in [1.82, 2.24) is 0 Å². The summed E-state index contributed by atoms with van der Waals surface area (Å²) in [6, 6.07) is 1.95. The van der Waals surface area contributed by atoms with E-state index >= 15 is 0 Å². The SMILES string of the molecule is CC1(C(O)c2cc(Br)sc2Br)CCCO1. The van der Waals surface area contributed by atoms with Crippen LogP contribution < -0.4 is 0 Å². The van der Waals surface area contributed by atoms with E-state index in [0.717, 1.165) is 32.6 Å². The summed E-state index contributed by atoms with van der Waals surface area (Å²) in [4.78, 5) is 0. The standard InChI is InChI=1S/C10H12Br2O2S/c1-10(3-2-4-14-10)8(13)6-5-7(11)15-9(6)12/h5,8,13H,2-4H2,1H3. The molecular weight excluding hydrogens is 344 g/mol. The molecule has 1 N–H and O–H groups in total. The molecule has 2 unspecified atom stereocenters. The van der Waals surface area contributed by atoms with Crippen molar-refractivity contribution >= 4 is 43.2 Å². The highest BCUT2D eigenvalue weighted by molar-refractivity contribution is 9.12. The van der Waals surface area contributed by atoms with Crippen LogP contribution in [0.1, 0.15) is 31.4 Å². The van der Waals surface area contributed by atoms with Gasteiger partial charge in [0.1, 0.15) is 6.10 Å². The molecule has 1 aliphatic rings. The zero-order valence-electron chi connectivity index (χ0n) is 8.30. The van der Waals surface area contributed by atoms with Crippen molar-refractivity contribution in [3.63, 3.8) is 0 Å². The Morgan fingerprint density at radius 2 is 2.33 bits per heavy atom. The number of hydrogen-bond acceptors (Lipinski definition) is 3. The number of aliphatic hydroxyl groups excluding tert-OH is 1. The van der Waals surface area contributed by atoms with Crippen LogP contribution in [0.15, 0.2) is 13.6 Å². The van der Waals surface area contributed by atoms with Crippen LogP contribution in [0.3, 0.4) is 0 Å². The molecule has 0 bridgehead atoms. The van der Waals surface area contributed by atoms with Crippen LogP contribution in [-0.2, 0) is 4.74 Å². The maximum absolute atomic E-state index is 10.3. The van der Waals surface area contributed by atoms with Crippen LogP contribution in [-0.4, -0.2) is 17.3 Å². The van der Waals surface area contributed by atoms with Crippen molar-refractivity contribution < 1.29 is 9.84 Å². The molecule has 84 valence electrons. The third kappa shape index (κ3) is 2.31. The Labute approximate surface area is 110 Å². The molecule has 0 saturated carbocycles. The van der Waals surface area contributed by atoms with E-state index in [1.807, 2.05) is 13.0 Å². The summed E-state index contributed by atoms with van der Waals surface area (Å²) in [5, 5.41) is 10.3. The number of hydrogen-bond donors (Lipinski definition) is 1. The summed E-state index contributed by atoms with van der Waals surface area (Å²) in [5.74, 6) is 0. The van der Waals surface area contributed by atoms with Gasteiger partial charge in [-0.15, -0.1) is 11.3 Å². The third-order valence-electron chi connectivity index (χ3n) is 2.81. The van der Waals surface area contributed by atoms with Crippen LogP contribution in [0.5, 0.6) is 0 Å². The number of ether oxygens (including phenoxy) is 1. The number of rotatable bonds is 2. The second kappa shape index (κ2) is 4.45. The van der Waals surface area contributed by atoms with Crippen LogP contribution in [0.4, 0.5) is 0 Å². The Kier molecular flexibility index (Phi) is 3.57. The van der Waals surface area contributed by atoms with Crippen molar-refractivity contribution in [2.45, 2.75) is 31.5 Å². The predicted molar refractivity (Wildman–Crippen MR) is 68.3 cm³/mol. The van der Waals surface area contributed by atoms with Crippen LogP contribution in [0.2, 0.25) is 0 Å². The zero-order chi connectivity index (χ0) is 11.1. The molecule has 1 saturated heterocycles. The van der Waals surface area contributed by atoms with E-state index in [1.165, 1.54) is 0 Å². The Morgan fingerprint density at radius 3 is 2.80 bits per heavy atom. The minimum atomic E-state index is -0.558. The molecular formula is C10H12Br2O2S. The highest BCUT2D eigenvalue weighted by Gasteiger charge is 2.39. The van der Waals surface area contributed by atoms with E-state index in [4.69, 9.17) is 4.74 Å². The van der Waals surface area contributed by atoms with E-state index in [0.29, 0.717) is 0 Å². The quantitative estimate of drug-likeness (QED) is 0.872. The fraction of sp³-hybridized carbons (Fsp3) is 0.600. The van der Waals surface area contributed by atoms with E-state index < -0.39 is 11.7 Å². The molecule has 1 fully saturated rings. The molecule has 0 aromatic carbocycles. The minimum Gasteiger partial charge on any atom is -0.385 e.